The molecule has 0 radical (unpaired) electrons. The Labute approximate surface area is 132 Å². The van der Waals surface area contributed by atoms with Gasteiger partial charge in [-0.25, -0.2) is 0 Å². The number of nitrogens with one attached hydrogen (secondary N) is 1. The van der Waals surface area contributed by atoms with Gasteiger partial charge in [-0.2, -0.15) is 4.98 Å². The molecule has 0 unspecified atom stereocenters. The second-order valence-electron chi connectivity index (χ2n) is 8.30. The fraction of sp³-hybridized carbons (Fsp3) is 0.882. The van der Waals surface area contributed by atoms with Crippen molar-refractivity contribution in [3.8, 4) is 0 Å². The van der Waals surface area contributed by atoms with Gasteiger partial charge in [-0.1, -0.05) is 19.0 Å². The van der Waals surface area contributed by atoms with Crippen molar-refractivity contribution in [1.29, 1.82) is 0 Å². The molecule has 0 spiro atoms. The van der Waals surface area contributed by atoms with Crippen molar-refractivity contribution in [3.63, 3.8) is 0 Å². The molecule has 0 bridgehead atoms. The normalized spacial score (nSPS) is 39.7. The number of nitrogens with zero attached hydrogens (tertiary/aromatic N) is 2. The van der Waals surface area contributed by atoms with Crippen LogP contribution in [0.2, 0.25) is 0 Å². The van der Waals surface area contributed by atoms with Crippen LogP contribution in [0, 0.1) is 5.92 Å². The number of rotatable bonds is 5. The minimum Gasteiger partial charge on any atom is -0.339 e. The minimum absolute atomic E-state index is 0.0234. The molecule has 3 fully saturated rings. The van der Waals surface area contributed by atoms with Crippen LogP contribution in [-0.2, 0) is 10.8 Å². The van der Waals surface area contributed by atoms with E-state index in [1.165, 1.54) is 19.3 Å². The van der Waals surface area contributed by atoms with Crippen LogP contribution in [0.4, 0.5) is 0 Å². The molecule has 3 N–H and O–H groups in total. The molecule has 122 valence electrons. The second kappa shape index (κ2) is 5.03. The lowest BCUT2D eigenvalue weighted by Crippen LogP contribution is -2.35. The largest absolute Gasteiger partial charge is 0.339 e. The summed E-state index contributed by atoms with van der Waals surface area (Å²) < 4.78 is 5.68. The number of aromatic nitrogens is 2. The van der Waals surface area contributed by atoms with Gasteiger partial charge in [-0.15, -0.1) is 0 Å². The molecule has 0 aliphatic heterocycles. The summed E-state index contributed by atoms with van der Waals surface area (Å²) in [6.07, 6.45) is 7.90. The third-order valence-corrected chi connectivity index (χ3v) is 6.22. The van der Waals surface area contributed by atoms with Crippen molar-refractivity contribution in [2.75, 3.05) is 6.54 Å². The van der Waals surface area contributed by atoms with E-state index in [0.717, 1.165) is 49.9 Å². The van der Waals surface area contributed by atoms with E-state index in [9.17, 15) is 0 Å². The summed E-state index contributed by atoms with van der Waals surface area (Å²) >= 11 is 0. The first-order valence-corrected chi connectivity index (χ1v) is 8.84. The van der Waals surface area contributed by atoms with Gasteiger partial charge in [0.15, 0.2) is 5.82 Å². The highest BCUT2D eigenvalue weighted by Gasteiger charge is 2.50. The lowest BCUT2D eigenvalue weighted by Gasteiger charge is -2.32. The van der Waals surface area contributed by atoms with Crippen molar-refractivity contribution in [1.82, 2.24) is 15.5 Å². The van der Waals surface area contributed by atoms with E-state index < -0.39 is 0 Å². The topological polar surface area (TPSA) is 77.0 Å². The Morgan fingerprint density at radius 1 is 1.27 bits per heavy atom. The van der Waals surface area contributed by atoms with Crippen LogP contribution in [0.1, 0.15) is 70.5 Å². The van der Waals surface area contributed by atoms with Crippen LogP contribution < -0.4 is 11.1 Å². The summed E-state index contributed by atoms with van der Waals surface area (Å²) in [7, 11) is 0. The summed E-state index contributed by atoms with van der Waals surface area (Å²) in [5.41, 5.74) is 6.20. The summed E-state index contributed by atoms with van der Waals surface area (Å²) in [6, 6.07) is 1.05. The molecule has 5 nitrogen and oxygen atoms in total. The second-order valence-corrected chi connectivity index (χ2v) is 8.30. The molecule has 22 heavy (non-hydrogen) atoms. The van der Waals surface area contributed by atoms with Crippen molar-refractivity contribution in [2.45, 2.75) is 81.7 Å². The first-order valence-electron chi connectivity index (χ1n) is 8.84. The molecular weight excluding hydrogens is 276 g/mol. The van der Waals surface area contributed by atoms with Crippen molar-refractivity contribution >= 4 is 0 Å². The quantitative estimate of drug-likeness (QED) is 0.872. The van der Waals surface area contributed by atoms with E-state index in [1.807, 2.05) is 0 Å². The van der Waals surface area contributed by atoms with E-state index in [1.54, 1.807) is 0 Å². The smallest absolute Gasteiger partial charge is 0.232 e. The van der Waals surface area contributed by atoms with E-state index in [2.05, 4.69) is 24.3 Å². The number of nitrogens with two attached hydrogens (primary N) is 1. The van der Waals surface area contributed by atoms with Crippen molar-refractivity contribution in [2.24, 2.45) is 11.7 Å². The van der Waals surface area contributed by atoms with Crippen LogP contribution in [0.5, 0.6) is 0 Å². The van der Waals surface area contributed by atoms with E-state index in [-0.39, 0.29) is 10.8 Å². The molecule has 1 aromatic rings. The predicted octanol–water partition coefficient (Wildman–Crippen LogP) is 2.26. The zero-order chi connectivity index (χ0) is 15.4. The highest BCUT2D eigenvalue weighted by atomic mass is 16.5. The average Bonchev–Trinajstić information content (AvgIpc) is 3.38. The maximum Gasteiger partial charge on any atom is 0.232 e. The SMILES string of the molecule is C[C@@H]1C[C@H]1NCC1(c2noc(C3(C)CCC(N)CC3)n2)CC1. The van der Waals surface area contributed by atoms with Crippen molar-refractivity contribution in [3.05, 3.63) is 11.7 Å². The zero-order valence-corrected chi connectivity index (χ0v) is 13.8. The third kappa shape index (κ3) is 2.58. The first kappa shape index (κ1) is 14.6. The Bertz CT molecular complexity index is 543. The highest BCUT2D eigenvalue weighted by Crippen LogP contribution is 2.48. The molecule has 0 saturated heterocycles. The molecule has 3 aliphatic rings. The molecule has 3 aliphatic carbocycles. The summed E-state index contributed by atoms with van der Waals surface area (Å²) in [4.78, 5) is 4.82. The Kier molecular flexibility index (Phi) is 3.35. The average molecular weight is 304 g/mol. The van der Waals surface area contributed by atoms with E-state index >= 15 is 0 Å². The molecule has 2 atom stereocenters. The van der Waals surface area contributed by atoms with Crippen LogP contribution in [0.25, 0.3) is 0 Å². The van der Waals surface area contributed by atoms with Gasteiger partial charge in [0.2, 0.25) is 5.89 Å². The summed E-state index contributed by atoms with van der Waals surface area (Å²) in [5.74, 6) is 2.60. The van der Waals surface area contributed by atoms with Crippen molar-refractivity contribution < 1.29 is 4.52 Å². The highest BCUT2D eigenvalue weighted by molar-refractivity contribution is 5.20. The van der Waals surface area contributed by atoms with Gasteiger partial charge in [0.25, 0.3) is 0 Å². The Morgan fingerprint density at radius 2 is 1.95 bits per heavy atom. The number of hydrogen-bond acceptors (Lipinski definition) is 5. The monoisotopic (exact) mass is 304 g/mol. The maximum absolute atomic E-state index is 6.03. The molecule has 1 aromatic heterocycles. The van der Waals surface area contributed by atoms with Crippen LogP contribution >= 0.6 is 0 Å². The summed E-state index contributed by atoms with van der Waals surface area (Å²) in [6.45, 7) is 5.56. The molecule has 1 heterocycles. The van der Waals surface area contributed by atoms with Gasteiger partial charge >= 0.3 is 0 Å². The third-order valence-electron chi connectivity index (χ3n) is 6.22. The van der Waals surface area contributed by atoms with Crippen LogP contribution in [0.15, 0.2) is 4.52 Å². The zero-order valence-electron chi connectivity index (χ0n) is 13.8. The molecule has 3 saturated carbocycles. The van der Waals surface area contributed by atoms with Gasteiger partial charge in [-0.3, -0.25) is 0 Å². The Morgan fingerprint density at radius 3 is 2.55 bits per heavy atom. The minimum atomic E-state index is 0.0234. The maximum atomic E-state index is 6.03. The van der Waals surface area contributed by atoms with E-state index in [0.29, 0.717) is 12.1 Å². The van der Waals surface area contributed by atoms with Gasteiger partial charge in [0, 0.05) is 29.5 Å². The lowest BCUT2D eigenvalue weighted by atomic mass is 9.74. The lowest BCUT2D eigenvalue weighted by molar-refractivity contribution is 0.219. The Hall–Kier alpha value is -0.940. The van der Waals surface area contributed by atoms with Crippen LogP contribution in [0.3, 0.4) is 0 Å². The summed E-state index contributed by atoms with van der Waals surface area (Å²) in [5, 5.41) is 8.02. The first-order chi connectivity index (χ1) is 10.5. The van der Waals surface area contributed by atoms with Gasteiger partial charge in [0.05, 0.1) is 0 Å². The predicted molar refractivity (Wildman–Crippen MR) is 84.6 cm³/mol. The standard InChI is InChI=1S/C17H28N4O/c1-11-9-13(11)19-10-17(7-8-17)14-20-15(22-21-14)16(2)5-3-12(18)4-6-16/h11-13,19H,3-10,18H2,1-2H3/t11-,12?,13-,16?/m1/s1. The Balaban J connectivity index is 1.44. The molecule has 0 amide bonds. The molecule has 0 aromatic carbocycles. The number of hydrogen-bond donors (Lipinski definition) is 2. The van der Waals surface area contributed by atoms with E-state index in [4.69, 9.17) is 15.2 Å². The van der Waals surface area contributed by atoms with Gasteiger partial charge in [-0.05, 0) is 50.9 Å². The fourth-order valence-corrected chi connectivity index (χ4v) is 3.74. The fourth-order valence-electron chi connectivity index (χ4n) is 3.74. The van der Waals surface area contributed by atoms with Crippen LogP contribution in [-0.4, -0.2) is 28.8 Å². The molecule has 5 heteroatoms. The molecular formula is C17H28N4O. The van der Waals surface area contributed by atoms with Gasteiger partial charge in [0.1, 0.15) is 0 Å². The van der Waals surface area contributed by atoms with Gasteiger partial charge < -0.3 is 15.6 Å². The molecule has 4 rings (SSSR count).